The molecule has 3 aromatic rings. The molecule has 2 heterocycles. The topological polar surface area (TPSA) is 80.6 Å². The Kier molecular flexibility index (Phi) is 7.70. The number of hydrogen-bond donors (Lipinski definition) is 1. The third-order valence-corrected chi connectivity index (χ3v) is 7.47. The summed E-state index contributed by atoms with van der Waals surface area (Å²) in [5.74, 6) is -0.603. The first-order chi connectivity index (χ1) is 17.1. The van der Waals surface area contributed by atoms with Crippen molar-refractivity contribution < 1.29 is 19.1 Å². The number of methoxy groups -OCH3 is 1. The lowest BCUT2D eigenvalue weighted by Gasteiger charge is -2.13. The predicted molar refractivity (Wildman–Crippen MR) is 145 cm³/mol. The number of halogens is 3. The van der Waals surface area contributed by atoms with Gasteiger partial charge in [0.25, 0.3) is 11.1 Å². The monoisotopic (exact) mass is 563 g/mol. The van der Waals surface area contributed by atoms with Crippen LogP contribution in [-0.2, 0) is 9.59 Å². The number of benzene rings is 2. The number of aryl methyl sites for hydroxylation is 1. The van der Waals surface area contributed by atoms with Gasteiger partial charge in [-0.2, -0.15) is 0 Å². The van der Waals surface area contributed by atoms with Crippen LogP contribution >= 0.6 is 46.6 Å². The number of nitrogens with zero attached hydrogens (tertiary/aromatic N) is 2. The molecule has 4 rings (SSSR count). The second kappa shape index (κ2) is 10.6. The number of aromatic nitrogens is 1. The van der Waals surface area contributed by atoms with E-state index in [2.05, 4.69) is 5.32 Å². The van der Waals surface area contributed by atoms with Crippen LogP contribution in [0, 0.1) is 13.8 Å². The van der Waals surface area contributed by atoms with E-state index < -0.39 is 23.6 Å². The first kappa shape index (κ1) is 26.2. The lowest BCUT2D eigenvalue weighted by molar-refractivity contribution is -0.127. The minimum Gasteiger partial charge on any atom is -0.495 e. The molecule has 0 unspecified atom stereocenters. The van der Waals surface area contributed by atoms with Crippen LogP contribution < -0.4 is 10.1 Å². The van der Waals surface area contributed by atoms with Crippen LogP contribution in [0.1, 0.15) is 17.0 Å². The maximum Gasteiger partial charge on any atom is 0.294 e. The zero-order valence-corrected chi connectivity index (χ0v) is 22.5. The minimum absolute atomic E-state index is 0.231. The van der Waals surface area contributed by atoms with Gasteiger partial charge in [-0.1, -0.05) is 34.8 Å². The third kappa shape index (κ3) is 5.27. The van der Waals surface area contributed by atoms with E-state index in [0.29, 0.717) is 26.5 Å². The largest absolute Gasteiger partial charge is 0.495 e. The number of anilines is 1. The maximum atomic E-state index is 13.0. The summed E-state index contributed by atoms with van der Waals surface area (Å²) in [4.78, 5) is 39.2. The summed E-state index contributed by atoms with van der Waals surface area (Å²) >= 11 is 19.1. The Hall–Kier alpha value is -2.91. The number of carbonyl (C=O) groups excluding carboxylic acids is 3. The summed E-state index contributed by atoms with van der Waals surface area (Å²) in [5.41, 5.74) is 3.77. The molecule has 1 fully saturated rings. The molecule has 36 heavy (non-hydrogen) atoms. The zero-order valence-electron chi connectivity index (χ0n) is 19.4. The summed E-state index contributed by atoms with van der Waals surface area (Å²) in [6, 6.07) is 12.0. The first-order valence-electron chi connectivity index (χ1n) is 10.6. The van der Waals surface area contributed by atoms with Crippen LogP contribution in [-0.4, -0.2) is 40.2 Å². The van der Waals surface area contributed by atoms with Crippen LogP contribution in [0.15, 0.2) is 47.4 Å². The average molecular weight is 565 g/mol. The molecule has 7 nitrogen and oxygen atoms in total. The summed E-state index contributed by atoms with van der Waals surface area (Å²) < 4.78 is 7.07. The van der Waals surface area contributed by atoms with E-state index in [1.807, 2.05) is 30.5 Å². The third-order valence-electron chi connectivity index (χ3n) is 5.53. The molecule has 0 saturated carbocycles. The van der Waals surface area contributed by atoms with E-state index in [1.165, 1.54) is 13.2 Å². The van der Waals surface area contributed by atoms with E-state index in [0.717, 1.165) is 39.3 Å². The van der Waals surface area contributed by atoms with Crippen LogP contribution in [0.5, 0.6) is 5.75 Å². The normalized spacial score (nSPS) is 14.6. The Morgan fingerprint density at radius 3 is 2.44 bits per heavy atom. The molecule has 0 bridgehead atoms. The van der Waals surface area contributed by atoms with Crippen molar-refractivity contribution >= 4 is 75.4 Å². The minimum atomic E-state index is -0.535. The number of ether oxygens (including phenoxy) is 1. The second-order valence-corrected chi connectivity index (χ2v) is 10.1. The number of rotatable bonds is 6. The highest BCUT2D eigenvalue weighted by atomic mass is 35.5. The lowest BCUT2D eigenvalue weighted by atomic mass is 10.2. The van der Waals surface area contributed by atoms with Gasteiger partial charge in [0.15, 0.2) is 0 Å². The number of amides is 3. The zero-order chi connectivity index (χ0) is 26.1. The molecule has 0 spiro atoms. The lowest BCUT2D eigenvalue weighted by Crippen LogP contribution is -2.36. The SMILES string of the molecule is COc1ccc(NC(=O)CN2C(=O)S/C(=C\c3cc(C)n(-c4ccc(Cl)c(Cl)c4)c3C)C2=O)cc1Cl. The molecule has 3 amide bonds. The molecular weight excluding hydrogens is 545 g/mol. The molecule has 0 atom stereocenters. The van der Waals surface area contributed by atoms with E-state index in [1.54, 1.807) is 30.3 Å². The second-order valence-electron chi connectivity index (χ2n) is 7.93. The van der Waals surface area contributed by atoms with Crippen LogP contribution in [0.4, 0.5) is 10.5 Å². The van der Waals surface area contributed by atoms with Crippen molar-refractivity contribution in [3.8, 4) is 11.4 Å². The highest BCUT2D eigenvalue weighted by molar-refractivity contribution is 8.18. The van der Waals surface area contributed by atoms with Crippen LogP contribution in [0.25, 0.3) is 11.8 Å². The Bertz CT molecular complexity index is 1430. The smallest absolute Gasteiger partial charge is 0.294 e. The fourth-order valence-electron chi connectivity index (χ4n) is 3.82. The van der Waals surface area contributed by atoms with E-state index in [-0.39, 0.29) is 4.91 Å². The Labute approximate surface area is 226 Å². The molecule has 0 radical (unpaired) electrons. The highest BCUT2D eigenvalue weighted by Crippen LogP contribution is 2.34. The number of hydrogen-bond acceptors (Lipinski definition) is 5. The van der Waals surface area contributed by atoms with Crippen molar-refractivity contribution in [2.24, 2.45) is 0 Å². The van der Waals surface area contributed by atoms with Crippen LogP contribution in [0.3, 0.4) is 0 Å². The van der Waals surface area contributed by atoms with Gasteiger partial charge in [0, 0.05) is 22.8 Å². The summed E-state index contributed by atoms with van der Waals surface area (Å²) in [7, 11) is 1.48. The van der Waals surface area contributed by atoms with Gasteiger partial charge in [0.2, 0.25) is 5.91 Å². The standard InChI is InChI=1S/C25H20Cl3N3O4S/c1-13-8-15(14(2)31(13)17-5-6-18(26)19(27)11-17)9-22-24(33)30(25(34)36-22)12-23(32)29-16-4-7-21(35-3)20(28)10-16/h4-11H,12H2,1-3H3,(H,29,32)/b22-9-. The van der Waals surface area contributed by atoms with E-state index in [9.17, 15) is 14.4 Å². The molecule has 11 heteroatoms. The van der Waals surface area contributed by atoms with Crippen molar-refractivity contribution in [1.29, 1.82) is 0 Å². The summed E-state index contributed by atoms with van der Waals surface area (Å²) in [6.45, 7) is 3.40. The molecule has 1 aromatic heterocycles. The number of thioether (sulfide) groups is 1. The van der Waals surface area contributed by atoms with Gasteiger partial charge < -0.3 is 14.6 Å². The van der Waals surface area contributed by atoms with Gasteiger partial charge in [-0.15, -0.1) is 0 Å². The maximum absolute atomic E-state index is 13.0. The van der Waals surface area contributed by atoms with E-state index in [4.69, 9.17) is 39.5 Å². The molecule has 2 aromatic carbocycles. The molecule has 0 aliphatic carbocycles. The Morgan fingerprint density at radius 2 is 1.78 bits per heavy atom. The highest BCUT2D eigenvalue weighted by Gasteiger charge is 2.36. The Morgan fingerprint density at radius 1 is 1.03 bits per heavy atom. The summed E-state index contributed by atoms with van der Waals surface area (Å²) in [5, 5.41) is 3.32. The summed E-state index contributed by atoms with van der Waals surface area (Å²) in [6.07, 6.45) is 1.66. The van der Waals surface area contributed by atoms with Crippen molar-refractivity contribution in [2.45, 2.75) is 13.8 Å². The van der Waals surface area contributed by atoms with Gasteiger partial charge in [0.1, 0.15) is 12.3 Å². The number of imide groups is 1. The van der Waals surface area contributed by atoms with Crippen molar-refractivity contribution in [3.63, 3.8) is 0 Å². The molecule has 1 saturated heterocycles. The fourth-order valence-corrected chi connectivity index (χ4v) is 5.20. The van der Waals surface area contributed by atoms with Crippen molar-refractivity contribution in [2.75, 3.05) is 19.0 Å². The van der Waals surface area contributed by atoms with Gasteiger partial charge in [-0.25, -0.2) is 0 Å². The quantitative estimate of drug-likeness (QED) is 0.336. The van der Waals surface area contributed by atoms with E-state index >= 15 is 0 Å². The van der Waals surface area contributed by atoms with Gasteiger partial charge in [0.05, 0.1) is 27.1 Å². The molecule has 1 aliphatic heterocycles. The molecule has 1 N–H and O–H groups in total. The Balaban J connectivity index is 1.52. The molecular formula is C25H20Cl3N3O4S. The van der Waals surface area contributed by atoms with Gasteiger partial charge in [-0.05, 0) is 79.7 Å². The van der Waals surface area contributed by atoms with Crippen LogP contribution in [0.2, 0.25) is 15.1 Å². The van der Waals surface area contributed by atoms with Crippen molar-refractivity contribution in [3.05, 3.63) is 79.4 Å². The molecule has 1 aliphatic rings. The van der Waals surface area contributed by atoms with Gasteiger partial charge >= 0.3 is 0 Å². The average Bonchev–Trinajstić information content (AvgIpc) is 3.25. The van der Waals surface area contributed by atoms with Crippen molar-refractivity contribution in [1.82, 2.24) is 9.47 Å². The predicted octanol–water partition coefficient (Wildman–Crippen LogP) is 6.74. The van der Waals surface area contributed by atoms with Gasteiger partial charge in [-0.3, -0.25) is 19.3 Å². The first-order valence-corrected chi connectivity index (χ1v) is 12.6. The number of nitrogens with one attached hydrogen (secondary N) is 1. The fraction of sp³-hybridized carbons (Fsp3) is 0.160. The number of carbonyl (C=O) groups is 3. The molecule has 186 valence electrons.